The molecule has 1 aromatic carbocycles. The lowest BCUT2D eigenvalue weighted by Gasteiger charge is -2.17. The molecule has 3 N–H and O–H groups in total. The summed E-state index contributed by atoms with van der Waals surface area (Å²) < 4.78 is 11.2. The highest BCUT2D eigenvalue weighted by atomic mass is 79.9. The van der Waals surface area contributed by atoms with Crippen LogP contribution in [0.5, 0.6) is 11.5 Å². The lowest BCUT2D eigenvalue weighted by atomic mass is 10.1. The van der Waals surface area contributed by atoms with Gasteiger partial charge < -0.3 is 20.3 Å². The zero-order valence-electron chi connectivity index (χ0n) is 8.66. The first-order chi connectivity index (χ1) is 7.13. The van der Waals surface area contributed by atoms with Gasteiger partial charge in [0.2, 0.25) is 0 Å². The maximum absolute atomic E-state index is 9.05. The topological polar surface area (TPSA) is 64.7 Å². The number of rotatable bonds is 4. The van der Waals surface area contributed by atoms with Gasteiger partial charge in [0.25, 0.3) is 0 Å². The van der Waals surface area contributed by atoms with E-state index >= 15 is 0 Å². The van der Waals surface area contributed by atoms with Gasteiger partial charge in [0, 0.05) is 4.47 Å². The molecule has 1 unspecified atom stereocenters. The molecular formula is C10H14BrNO3. The highest BCUT2D eigenvalue weighted by Gasteiger charge is 2.17. The summed E-state index contributed by atoms with van der Waals surface area (Å²) in [5.74, 6) is 1.20. The average molecular weight is 276 g/mol. The first kappa shape index (κ1) is 12.3. The molecule has 0 bridgehead atoms. The third-order valence-electron chi connectivity index (χ3n) is 2.08. The normalized spacial score (nSPS) is 12.3. The van der Waals surface area contributed by atoms with Gasteiger partial charge in [0.1, 0.15) is 11.5 Å². The highest BCUT2D eigenvalue weighted by Crippen LogP contribution is 2.36. The fraction of sp³-hybridized carbons (Fsp3) is 0.400. The standard InChI is InChI=1S/C10H14BrNO3/c1-14-8-3-6(11)4-9(15-2)10(8)7(12)5-13/h3-4,7,13H,5,12H2,1-2H3. The van der Waals surface area contributed by atoms with Crippen molar-refractivity contribution in [2.45, 2.75) is 6.04 Å². The Kier molecular flexibility index (Phi) is 4.38. The number of hydrogen-bond donors (Lipinski definition) is 2. The Morgan fingerprint density at radius 2 is 1.80 bits per heavy atom. The van der Waals surface area contributed by atoms with Gasteiger partial charge in [0.05, 0.1) is 32.4 Å². The molecule has 0 amide bonds. The summed E-state index contributed by atoms with van der Waals surface area (Å²) >= 11 is 3.34. The van der Waals surface area contributed by atoms with E-state index in [0.29, 0.717) is 17.1 Å². The van der Waals surface area contributed by atoms with E-state index in [0.717, 1.165) is 4.47 Å². The first-order valence-electron chi connectivity index (χ1n) is 4.41. The van der Waals surface area contributed by atoms with Gasteiger partial charge >= 0.3 is 0 Å². The molecule has 0 aliphatic heterocycles. The molecule has 1 atom stereocenters. The van der Waals surface area contributed by atoms with Crippen LogP contribution in [0.2, 0.25) is 0 Å². The van der Waals surface area contributed by atoms with Crippen LogP contribution in [0.4, 0.5) is 0 Å². The molecule has 1 aromatic rings. The molecule has 0 radical (unpaired) electrons. The minimum absolute atomic E-state index is 0.158. The summed E-state index contributed by atoms with van der Waals surface area (Å²) in [7, 11) is 3.10. The monoisotopic (exact) mass is 275 g/mol. The minimum Gasteiger partial charge on any atom is -0.496 e. The molecular weight excluding hydrogens is 262 g/mol. The van der Waals surface area contributed by atoms with Crippen molar-refractivity contribution in [3.05, 3.63) is 22.2 Å². The van der Waals surface area contributed by atoms with Crippen LogP contribution in [0, 0.1) is 0 Å². The van der Waals surface area contributed by atoms with Crippen molar-refractivity contribution >= 4 is 15.9 Å². The van der Waals surface area contributed by atoms with Gasteiger partial charge in [-0.15, -0.1) is 0 Å². The third kappa shape index (κ3) is 2.62. The van der Waals surface area contributed by atoms with Gasteiger partial charge in [-0.1, -0.05) is 15.9 Å². The SMILES string of the molecule is COc1cc(Br)cc(OC)c1C(N)CO. The number of benzene rings is 1. The Hall–Kier alpha value is -0.780. The third-order valence-corrected chi connectivity index (χ3v) is 2.53. The minimum atomic E-state index is -0.511. The number of nitrogens with two attached hydrogens (primary N) is 1. The molecule has 0 heterocycles. The maximum Gasteiger partial charge on any atom is 0.128 e. The molecule has 4 nitrogen and oxygen atoms in total. The fourth-order valence-electron chi connectivity index (χ4n) is 1.36. The summed E-state index contributed by atoms with van der Waals surface area (Å²) in [5.41, 5.74) is 6.44. The van der Waals surface area contributed by atoms with Crippen LogP contribution in [0.25, 0.3) is 0 Å². The van der Waals surface area contributed by atoms with Crippen molar-refractivity contribution in [1.29, 1.82) is 0 Å². The number of halogens is 1. The second-order valence-electron chi connectivity index (χ2n) is 3.01. The molecule has 0 saturated carbocycles. The molecule has 5 heteroatoms. The molecule has 1 rings (SSSR count). The quantitative estimate of drug-likeness (QED) is 0.873. The predicted molar refractivity (Wildman–Crippen MR) is 61.3 cm³/mol. The second kappa shape index (κ2) is 5.34. The Morgan fingerprint density at radius 3 is 2.13 bits per heavy atom. The van der Waals surface area contributed by atoms with Gasteiger partial charge in [-0.2, -0.15) is 0 Å². The predicted octanol–water partition coefficient (Wildman–Crippen LogP) is 1.46. The van der Waals surface area contributed by atoms with E-state index in [1.54, 1.807) is 26.4 Å². The van der Waals surface area contributed by atoms with Crippen LogP contribution in [0.1, 0.15) is 11.6 Å². The molecule has 0 fully saturated rings. The molecule has 0 aliphatic rings. The van der Waals surface area contributed by atoms with Crippen LogP contribution >= 0.6 is 15.9 Å². The Labute approximate surface area is 97.1 Å². The van der Waals surface area contributed by atoms with Crippen LogP contribution in [-0.4, -0.2) is 25.9 Å². The lowest BCUT2D eigenvalue weighted by Crippen LogP contribution is -2.16. The molecule has 84 valence electrons. The number of ether oxygens (including phenoxy) is 2. The molecule has 0 saturated heterocycles. The number of aliphatic hydroxyl groups is 1. The summed E-state index contributed by atoms with van der Waals surface area (Å²) in [6.45, 7) is -0.158. The number of aliphatic hydroxyl groups excluding tert-OH is 1. The van der Waals surface area contributed by atoms with E-state index in [9.17, 15) is 0 Å². The zero-order valence-corrected chi connectivity index (χ0v) is 10.2. The second-order valence-corrected chi connectivity index (χ2v) is 3.93. The van der Waals surface area contributed by atoms with Crippen molar-refractivity contribution in [2.75, 3.05) is 20.8 Å². The van der Waals surface area contributed by atoms with Crippen LogP contribution in [0.15, 0.2) is 16.6 Å². The molecule has 0 spiro atoms. The van der Waals surface area contributed by atoms with Crippen LogP contribution in [-0.2, 0) is 0 Å². The Bertz CT molecular complexity index is 318. The smallest absolute Gasteiger partial charge is 0.128 e. The Morgan fingerprint density at radius 1 is 1.33 bits per heavy atom. The van der Waals surface area contributed by atoms with E-state index in [4.69, 9.17) is 20.3 Å². The highest BCUT2D eigenvalue weighted by molar-refractivity contribution is 9.10. The van der Waals surface area contributed by atoms with Gasteiger partial charge in [-0.3, -0.25) is 0 Å². The van der Waals surface area contributed by atoms with Crippen LogP contribution < -0.4 is 15.2 Å². The average Bonchev–Trinajstić information content (AvgIpc) is 2.26. The summed E-state index contributed by atoms with van der Waals surface area (Å²) in [6.07, 6.45) is 0. The van der Waals surface area contributed by atoms with E-state index in [-0.39, 0.29) is 6.61 Å². The van der Waals surface area contributed by atoms with Gasteiger partial charge in [0.15, 0.2) is 0 Å². The van der Waals surface area contributed by atoms with Crippen molar-refractivity contribution in [1.82, 2.24) is 0 Å². The molecule has 0 aliphatic carbocycles. The molecule has 15 heavy (non-hydrogen) atoms. The van der Waals surface area contributed by atoms with Crippen LogP contribution in [0.3, 0.4) is 0 Å². The lowest BCUT2D eigenvalue weighted by molar-refractivity contribution is 0.260. The summed E-state index contributed by atoms with van der Waals surface area (Å²) in [5, 5.41) is 9.05. The van der Waals surface area contributed by atoms with E-state index in [1.165, 1.54) is 0 Å². The van der Waals surface area contributed by atoms with Crippen molar-refractivity contribution in [3.8, 4) is 11.5 Å². The maximum atomic E-state index is 9.05. The van der Waals surface area contributed by atoms with Crippen molar-refractivity contribution < 1.29 is 14.6 Å². The molecule has 0 aromatic heterocycles. The van der Waals surface area contributed by atoms with E-state index in [1.807, 2.05) is 0 Å². The zero-order chi connectivity index (χ0) is 11.4. The fourth-order valence-corrected chi connectivity index (χ4v) is 1.78. The first-order valence-corrected chi connectivity index (χ1v) is 5.21. The van der Waals surface area contributed by atoms with E-state index in [2.05, 4.69) is 15.9 Å². The largest absolute Gasteiger partial charge is 0.496 e. The summed E-state index contributed by atoms with van der Waals surface area (Å²) in [6, 6.07) is 3.06. The summed E-state index contributed by atoms with van der Waals surface area (Å²) in [4.78, 5) is 0. The number of hydrogen-bond acceptors (Lipinski definition) is 4. The number of methoxy groups -OCH3 is 2. The Balaban J connectivity index is 3.30. The van der Waals surface area contributed by atoms with Crippen molar-refractivity contribution in [3.63, 3.8) is 0 Å². The van der Waals surface area contributed by atoms with Gasteiger partial charge in [-0.05, 0) is 12.1 Å². The van der Waals surface area contributed by atoms with E-state index < -0.39 is 6.04 Å². The van der Waals surface area contributed by atoms with Crippen molar-refractivity contribution in [2.24, 2.45) is 5.73 Å². The van der Waals surface area contributed by atoms with Gasteiger partial charge in [-0.25, -0.2) is 0 Å².